The van der Waals surface area contributed by atoms with Crippen LogP contribution in [0.5, 0.6) is 0 Å². The maximum atomic E-state index is 13.3. The molecule has 5 nitrogen and oxygen atoms in total. The molecule has 156 valence electrons. The van der Waals surface area contributed by atoms with Crippen LogP contribution in [0.2, 0.25) is 10.0 Å². The third-order valence-corrected chi connectivity index (χ3v) is 5.78. The van der Waals surface area contributed by atoms with Crippen molar-refractivity contribution in [2.45, 2.75) is 5.16 Å². The summed E-state index contributed by atoms with van der Waals surface area (Å²) in [7, 11) is 0. The minimum atomic E-state index is -0.419. The smallest absolute Gasteiger partial charge is 0.234 e. The van der Waals surface area contributed by atoms with Crippen molar-refractivity contribution in [1.82, 2.24) is 14.8 Å². The van der Waals surface area contributed by atoms with Gasteiger partial charge in [-0.2, -0.15) is 0 Å². The Morgan fingerprint density at radius 2 is 1.77 bits per heavy atom. The highest BCUT2D eigenvalue weighted by Crippen LogP contribution is 2.32. The van der Waals surface area contributed by atoms with Gasteiger partial charge in [0, 0.05) is 22.0 Å². The van der Waals surface area contributed by atoms with Crippen LogP contribution in [0, 0.1) is 5.82 Å². The van der Waals surface area contributed by atoms with E-state index >= 15 is 0 Å². The molecule has 0 fully saturated rings. The van der Waals surface area contributed by atoms with Gasteiger partial charge in [0.15, 0.2) is 11.0 Å². The van der Waals surface area contributed by atoms with Crippen molar-refractivity contribution in [2.75, 3.05) is 11.1 Å². The molecule has 31 heavy (non-hydrogen) atoms. The first kappa shape index (κ1) is 21.4. The number of nitrogens with one attached hydrogen (secondary N) is 1. The number of benzene rings is 3. The van der Waals surface area contributed by atoms with E-state index in [1.165, 1.54) is 30.0 Å². The van der Waals surface area contributed by atoms with E-state index in [0.717, 1.165) is 5.69 Å². The van der Waals surface area contributed by atoms with Crippen molar-refractivity contribution in [3.05, 3.63) is 88.7 Å². The van der Waals surface area contributed by atoms with Gasteiger partial charge in [0.25, 0.3) is 0 Å². The monoisotopic (exact) mass is 472 g/mol. The van der Waals surface area contributed by atoms with Gasteiger partial charge in [-0.15, -0.1) is 10.2 Å². The average molecular weight is 473 g/mol. The molecule has 0 aliphatic carbocycles. The first-order chi connectivity index (χ1) is 15.0. The fraction of sp³-hybridized carbons (Fsp3) is 0.0455. The van der Waals surface area contributed by atoms with Crippen molar-refractivity contribution < 1.29 is 9.18 Å². The van der Waals surface area contributed by atoms with Gasteiger partial charge in [0.2, 0.25) is 5.91 Å². The summed E-state index contributed by atoms with van der Waals surface area (Å²) in [5, 5.41) is 12.9. The van der Waals surface area contributed by atoms with E-state index in [1.807, 2.05) is 34.9 Å². The average Bonchev–Trinajstić information content (AvgIpc) is 3.17. The molecule has 0 saturated carbocycles. The molecule has 0 saturated heterocycles. The van der Waals surface area contributed by atoms with Crippen LogP contribution in [0.1, 0.15) is 0 Å². The van der Waals surface area contributed by atoms with Gasteiger partial charge in [-0.05, 0) is 54.6 Å². The number of carbonyl (C=O) groups is 1. The SMILES string of the molecule is O=C(CSc1nnc(-c2ccccc2Cl)n1-c1ccc(Cl)cc1)Nc1cccc(F)c1. The van der Waals surface area contributed by atoms with Crippen LogP contribution in [-0.2, 0) is 4.79 Å². The standard InChI is InChI=1S/C22H15Cl2FN4OS/c23-14-8-10-17(11-9-14)29-21(18-6-1-2-7-19(18)24)27-28-22(29)31-13-20(30)26-16-5-3-4-15(25)12-16/h1-12H,13H2,(H,26,30). The number of rotatable bonds is 6. The van der Waals surface area contributed by atoms with E-state index in [0.29, 0.717) is 32.3 Å². The number of amides is 1. The van der Waals surface area contributed by atoms with Gasteiger partial charge in [-0.25, -0.2) is 4.39 Å². The van der Waals surface area contributed by atoms with Crippen LogP contribution >= 0.6 is 35.0 Å². The molecule has 4 rings (SSSR count). The molecule has 1 heterocycles. The van der Waals surface area contributed by atoms with Crippen molar-refractivity contribution in [1.29, 1.82) is 0 Å². The summed E-state index contributed by atoms with van der Waals surface area (Å²) in [6, 6.07) is 20.2. The highest BCUT2D eigenvalue weighted by molar-refractivity contribution is 7.99. The normalized spacial score (nSPS) is 10.8. The third-order valence-electron chi connectivity index (χ3n) is 4.27. The number of hydrogen-bond donors (Lipinski definition) is 1. The number of anilines is 1. The summed E-state index contributed by atoms with van der Waals surface area (Å²) >= 11 is 13.6. The molecule has 4 aromatic rings. The zero-order valence-corrected chi connectivity index (χ0v) is 18.3. The van der Waals surface area contributed by atoms with Crippen molar-refractivity contribution in [3.8, 4) is 17.1 Å². The van der Waals surface area contributed by atoms with Crippen LogP contribution in [-0.4, -0.2) is 26.4 Å². The Bertz CT molecular complexity index is 1230. The fourth-order valence-corrected chi connectivity index (χ4v) is 3.99. The largest absolute Gasteiger partial charge is 0.325 e. The summed E-state index contributed by atoms with van der Waals surface area (Å²) in [5.74, 6) is -0.107. The number of aromatic nitrogens is 3. The highest BCUT2D eigenvalue weighted by Gasteiger charge is 2.19. The van der Waals surface area contributed by atoms with Crippen LogP contribution in [0.15, 0.2) is 78.0 Å². The summed E-state index contributed by atoms with van der Waals surface area (Å²) in [4.78, 5) is 12.4. The van der Waals surface area contributed by atoms with Gasteiger partial charge in [-0.3, -0.25) is 9.36 Å². The van der Waals surface area contributed by atoms with Gasteiger partial charge in [0.1, 0.15) is 5.82 Å². The molecule has 1 aromatic heterocycles. The molecular formula is C22H15Cl2FN4OS. The highest BCUT2D eigenvalue weighted by atomic mass is 35.5. The lowest BCUT2D eigenvalue weighted by Gasteiger charge is -2.11. The number of hydrogen-bond acceptors (Lipinski definition) is 4. The topological polar surface area (TPSA) is 59.8 Å². The number of thioether (sulfide) groups is 1. The van der Waals surface area contributed by atoms with Gasteiger partial charge in [0.05, 0.1) is 10.8 Å². The van der Waals surface area contributed by atoms with Crippen LogP contribution in [0.25, 0.3) is 17.1 Å². The molecule has 1 amide bonds. The summed E-state index contributed by atoms with van der Waals surface area (Å²) in [5.41, 5.74) is 1.88. The van der Waals surface area contributed by atoms with Crippen molar-refractivity contribution in [2.24, 2.45) is 0 Å². The van der Waals surface area contributed by atoms with E-state index in [2.05, 4.69) is 15.5 Å². The maximum absolute atomic E-state index is 13.3. The molecule has 0 atom stereocenters. The Balaban J connectivity index is 1.62. The third kappa shape index (κ3) is 5.07. The van der Waals surface area contributed by atoms with E-state index in [-0.39, 0.29) is 11.7 Å². The second kappa shape index (κ2) is 9.51. The molecule has 0 aliphatic heterocycles. The molecule has 0 spiro atoms. The molecular weight excluding hydrogens is 458 g/mol. The maximum Gasteiger partial charge on any atom is 0.234 e. The van der Waals surface area contributed by atoms with E-state index in [4.69, 9.17) is 23.2 Å². The Labute approximate surface area is 192 Å². The van der Waals surface area contributed by atoms with Crippen molar-refractivity contribution >= 4 is 46.6 Å². The summed E-state index contributed by atoms with van der Waals surface area (Å²) in [6.45, 7) is 0. The van der Waals surface area contributed by atoms with E-state index in [9.17, 15) is 9.18 Å². The second-order valence-corrected chi connectivity index (χ2v) is 8.23. The number of nitrogens with zero attached hydrogens (tertiary/aromatic N) is 3. The molecule has 0 bridgehead atoms. The molecule has 0 aliphatic rings. The fourth-order valence-electron chi connectivity index (χ4n) is 2.90. The van der Waals surface area contributed by atoms with E-state index in [1.54, 1.807) is 24.3 Å². The Morgan fingerprint density at radius 3 is 2.52 bits per heavy atom. The lowest BCUT2D eigenvalue weighted by molar-refractivity contribution is -0.113. The Kier molecular flexibility index (Phi) is 6.56. The zero-order valence-electron chi connectivity index (χ0n) is 15.9. The molecule has 3 aromatic carbocycles. The van der Waals surface area contributed by atoms with E-state index < -0.39 is 5.82 Å². The Morgan fingerprint density at radius 1 is 1.00 bits per heavy atom. The lowest BCUT2D eigenvalue weighted by Crippen LogP contribution is -2.14. The molecule has 0 radical (unpaired) electrons. The lowest BCUT2D eigenvalue weighted by atomic mass is 10.2. The Hall–Kier alpha value is -2.87. The zero-order chi connectivity index (χ0) is 21.8. The quantitative estimate of drug-likeness (QED) is 0.343. The number of carbonyl (C=O) groups excluding carboxylic acids is 1. The van der Waals surface area contributed by atoms with Gasteiger partial charge < -0.3 is 5.32 Å². The van der Waals surface area contributed by atoms with Crippen LogP contribution in [0.4, 0.5) is 10.1 Å². The summed E-state index contributed by atoms with van der Waals surface area (Å²) in [6.07, 6.45) is 0. The van der Waals surface area contributed by atoms with Crippen LogP contribution in [0.3, 0.4) is 0 Å². The summed E-state index contributed by atoms with van der Waals surface area (Å²) < 4.78 is 15.2. The minimum absolute atomic E-state index is 0.0603. The van der Waals surface area contributed by atoms with Gasteiger partial charge >= 0.3 is 0 Å². The molecule has 0 unspecified atom stereocenters. The number of halogens is 3. The predicted molar refractivity (Wildman–Crippen MR) is 123 cm³/mol. The van der Waals surface area contributed by atoms with Gasteiger partial charge in [-0.1, -0.05) is 53.2 Å². The van der Waals surface area contributed by atoms with Crippen LogP contribution < -0.4 is 5.32 Å². The second-order valence-electron chi connectivity index (χ2n) is 6.45. The molecule has 1 N–H and O–H groups in total. The predicted octanol–water partition coefficient (Wildman–Crippen LogP) is 6.11. The first-order valence-corrected chi connectivity index (χ1v) is 10.9. The first-order valence-electron chi connectivity index (χ1n) is 9.16. The molecule has 9 heteroatoms. The van der Waals surface area contributed by atoms with Crippen molar-refractivity contribution in [3.63, 3.8) is 0 Å². The minimum Gasteiger partial charge on any atom is -0.325 e.